The van der Waals surface area contributed by atoms with Crippen molar-refractivity contribution in [2.75, 3.05) is 14.2 Å². The van der Waals surface area contributed by atoms with Crippen LogP contribution in [0.3, 0.4) is 0 Å². The smallest absolute Gasteiger partial charge is 0.272 e. The van der Waals surface area contributed by atoms with Gasteiger partial charge in [-0.25, -0.2) is 5.01 Å². The summed E-state index contributed by atoms with van der Waals surface area (Å²) in [6.45, 7) is 22.0. The lowest BCUT2D eigenvalue weighted by Gasteiger charge is -2.39. The Morgan fingerprint density at radius 2 is 1.50 bits per heavy atom. The van der Waals surface area contributed by atoms with E-state index in [1.165, 1.54) is 10.5 Å². The third-order valence-electron chi connectivity index (χ3n) is 9.54. The van der Waals surface area contributed by atoms with Gasteiger partial charge in [0.2, 0.25) is 0 Å². The number of carbonyl (C=O) groups excluding carboxylic acids is 2. The third kappa shape index (κ3) is 6.03. The molecule has 218 valence electrons. The molecule has 1 saturated heterocycles. The molecule has 1 aliphatic heterocycles. The Hall–Kier alpha value is -2.96. The summed E-state index contributed by atoms with van der Waals surface area (Å²) >= 11 is 0. The minimum Gasteiger partial charge on any atom is -0.496 e. The minimum atomic E-state index is -0.306. The molecule has 0 bridgehead atoms. The Labute approximate surface area is 242 Å². The first kappa shape index (κ1) is 31.6. The van der Waals surface area contributed by atoms with Crippen molar-refractivity contribution in [1.82, 2.24) is 10.4 Å². The number of rotatable bonds is 7. The monoisotopic (exact) mass is 548 g/mol. The summed E-state index contributed by atoms with van der Waals surface area (Å²) in [5, 5.41) is 1.51. The van der Waals surface area contributed by atoms with Crippen molar-refractivity contribution < 1.29 is 19.1 Å². The molecule has 2 aromatic rings. The molecule has 1 unspecified atom stereocenters. The standard InChI is InChI=1S/C33H49BN2O4/c1-13-28(31(4,5)6)36(30(38)23-17-26(39-11)22(3)27(18-23)40-12)35-29(37)24-15-14-16-25(21(24)2)34-19-32(7,8)33(9,10)20-34/h14-18,28H,13,19-20H2,1-12H3,(H,35,37). The maximum absolute atomic E-state index is 14.1. The van der Waals surface area contributed by atoms with Gasteiger partial charge in [-0.1, -0.05) is 85.6 Å². The largest absolute Gasteiger partial charge is 0.496 e. The van der Waals surface area contributed by atoms with Crippen LogP contribution in [-0.4, -0.2) is 43.8 Å². The fourth-order valence-electron chi connectivity index (χ4n) is 6.39. The van der Waals surface area contributed by atoms with E-state index in [2.05, 4.69) is 60.0 Å². The van der Waals surface area contributed by atoms with Crippen molar-refractivity contribution in [3.05, 3.63) is 52.6 Å². The number of nitrogens with one attached hydrogen (secondary N) is 1. The first-order valence-corrected chi connectivity index (χ1v) is 14.5. The van der Waals surface area contributed by atoms with Gasteiger partial charge in [0.05, 0.1) is 20.3 Å². The van der Waals surface area contributed by atoms with E-state index >= 15 is 0 Å². The quantitative estimate of drug-likeness (QED) is 0.309. The zero-order valence-corrected chi connectivity index (χ0v) is 26.7. The second kappa shape index (κ2) is 11.5. The van der Waals surface area contributed by atoms with Crippen LogP contribution in [0.5, 0.6) is 11.5 Å². The fraction of sp³-hybridized carbons (Fsp3) is 0.576. The van der Waals surface area contributed by atoms with Crippen LogP contribution in [0.1, 0.15) is 93.7 Å². The zero-order chi connectivity index (χ0) is 30.2. The Kier molecular flexibility index (Phi) is 9.08. The fourth-order valence-corrected chi connectivity index (χ4v) is 6.39. The zero-order valence-electron chi connectivity index (χ0n) is 26.7. The number of hydrazine groups is 1. The number of benzene rings is 2. The van der Waals surface area contributed by atoms with Crippen LogP contribution >= 0.6 is 0 Å². The van der Waals surface area contributed by atoms with Crippen LogP contribution in [0, 0.1) is 30.1 Å². The highest BCUT2D eigenvalue weighted by Gasteiger charge is 2.48. The number of amides is 2. The summed E-state index contributed by atoms with van der Waals surface area (Å²) in [6, 6.07) is 9.17. The maximum Gasteiger partial charge on any atom is 0.272 e. The second-order valence-corrected chi connectivity index (χ2v) is 13.8. The van der Waals surface area contributed by atoms with Gasteiger partial charge in [0, 0.05) is 16.7 Å². The molecule has 1 fully saturated rings. The van der Waals surface area contributed by atoms with Gasteiger partial charge in [0.25, 0.3) is 11.8 Å². The van der Waals surface area contributed by atoms with Gasteiger partial charge in [0.1, 0.15) is 11.5 Å². The number of carbonyl (C=O) groups is 2. The summed E-state index contributed by atoms with van der Waals surface area (Å²) in [7, 11) is 3.14. The van der Waals surface area contributed by atoms with E-state index in [-0.39, 0.29) is 34.1 Å². The normalized spacial score (nSPS) is 16.9. The molecule has 1 heterocycles. The molecule has 6 nitrogen and oxygen atoms in total. The Morgan fingerprint density at radius 1 is 0.975 bits per heavy atom. The molecule has 1 atom stereocenters. The van der Waals surface area contributed by atoms with Crippen molar-refractivity contribution in [2.24, 2.45) is 16.2 Å². The molecule has 0 aromatic heterocycles. The Morgan fingerprint density at radius 3 is 1.95 bits per heavy atom. The average molecular weight is 549 g/mol. The van der Waals surface area contributed by atoms with Crippen LogP contribution in [0.2, 0.25) is 12.6 Å². The van der Waals surface area contributed by atoms with Crippen LogP contribution < -0.4 is 20.4 Å². The van der Waals surface area contributed by atoms with E-state index in [4.69, 9.17) is 9.47 Å². The predicted octanol–water partition coefficient (Wildman–Crippen LogP) is 6.70. The third-order valence-corrected chi connectivity index (χ3v) is 9.54. The van der Waals surface area contributed by atoms with Gasteiger partial charge in [-0.3, -0.25) is 15.0 Å². The summed E-state index contributed by atoms with van der Waals surface area (Å²) in [5.74, 6) is 0.533. The Bertz CT molecular complexity index is 1220. The number of ether oxygens (including phenoxy) is 2. The molecular weight excluding hydrogens is 499 g/mol. The van der Waals surface area contributed by atoms with Gasteiger partial charge in [-0.05, 0) is 60.3 Å². The molecule has 40 heavy (non-hydrogen) atoms. The first-order valence-electron chi connectivity index (χ1n) is 14.5. The average Bonchev–Trinajstić information content (AvgIpc) is 3.08. The first-order chi connectivity index (χ1) is 18.5. The Balaban J connectivity index is 2.02. The van der Waals surface area contributed by atoms with E-state index < -0.39 is 0 Å². The molecule has 0 aliphatic carbocycles. The van der Waals surface area contributed by atoms with Crippen molar-refractivity contribution in [3.8, 4) is 11.5 Å². The maximum atomic E-state index is 14.1. The van der Waals surface area contributed by atoms with Gasteiger partial charge >= 0.3 is 0 Å². The highest BCUT2D eigenvalue weighted by Crippen LogP contribution is 2.52. The van der Waals surface area contributed by atoms with Crippen LogP contribution in [-0.2, 0) is 0 Å². The van der Waals surface area contributed by atoms with Gasteiger partial charge < -0.3 is 9.47 Å². The molecule has 2 amide bonds. The van der Waals surface area contributed by atoms with Gasteiger partial charge in [0.15, 0.2) is 6.71 Å². The van der Waals surface area contributed by atoms with Gasteiger partial charge in [-0.2, -0.15) is 0 Å². The summed E-state index contributed by atoms with van der Waals surface area (Å²) in [6.07, 6.45) is 2.83. The molecule has 0 spiro atoms. The molecule has 0 saturated carbocycles. The van der Waals surface area contributed by atoms with Crippen molar-refractivity contribution in [1.29, 1.82) is 0 Å². The summed E-state index contributed by atoms with van der Waals surface area (Å²) in [5.41, 5.74) is 7.17. The second-order valence-electron chi connectivity index (χ2n) is 13.8. The van der Waals surface area contributed by atoms with Crippen LogP contribution in [0.25, 0.3) is 0 Å². The van der Waals surface area contributed by atoms with E-state index in [9.17, 15) is 9.59 Å². The van der Waals surface area contributed by atoms with Crippen LogP contribution in [0.4, 0.5) is 0 Å². The summed E-state index contributed by atoms with van der Waals surface area (Å²) < 4.78 is 11.1. The van der Waals surface area contributed by atoms with E-state index in [1.54, 1.807) is 26.4 Å². The number of hydrogen-bond donors (Lipinski definition) is 1. The summed E-state index contributed by atoms with van der Waals surface area (Å²) in [4.78, 5) is 28.0. The predicted molar refractivity (Wildman–Crippen MR) is 165 cm³/mol. The SMILES string of the molecule is CCC(N(NC(=O)c1cccc(B2CC(C)(C)C(C)(C)C2)c1C)C(=O)c1cc(OC)c(C)c(OC)c1)C(C)(C)C. The van der Waals surface area contributed by atoms with E-state index in [0.717, 1.165) is 23.8 Å². The lowest BCUT2D eigenvalue weighted by atomic mass is 9.41. The lowest BCUT2D eigenvalue weighted by Crippen LogP contribution is -2.56. The highest BCUT2D eigenvalue weighted by atomic mass is 16.5. The van der Waals surface area contributed by atoms with E-state index in [1.807, 2.05) is 32.9 Å². The lowest BCUT2D eigenvalue weighted by molar-refractivity contribution is 0.0284. The van der Waals surface area contributed by atoms with E-state index in [0.29, 0.717) is 35.8 Å². The minimum absolute atomic E-state index is 0.211. The van der Waals surface area contributed by atoms with Crippen molar-refractivity contribution in [3.63, 3.8) is 0 Å². The number of methoxy groups -OCH3 is 2. The molecule has 1 aliphatic rings. The molecule has 2 aromatic carbocycles. The van der Waals surface area contributed by atoms with Crippen molar-refractivity contribution >= 4 is 24.0 Å². The number of hydrogen-bond acceptors (Lipinski definition) is 4. The number of nitrogens with zero attached hydrogens (tertiary/aromatic N) is 1. The molecule has 0 radical (unpaired) electrons. The molecule has 1 N–H and O–H groups in total. The highest BCUT2D eigenvalue weighted by molar-refractivity contribution is 6.74. The topological polar surface area (TPSA) is 67.9 Å². The van der Waals surface area contributed by atoms with Crippen molar-refractivity contribution in [2.45, 2.75) is 94.3 Å². The van der Waals surface area contributed by atoms with Gasteiger partial charge in [-0.15, -0.1) is 0 Å². The molecular formula is C33H49BN2O4. The van der Waals surface area contributed by atoms with Crippen LogP contribution in [0.15, 0.2) is 30.3 Å². The molecule has 7 heteroatoms. The molecule has 3 rings (SSSR count).